The highest BCUT2D eigenvalue weighted by molar-refractivity contribution is 7.10. The molecule has 1 atom stereocenters. The van der Waals surface area contributed by atoms with Crippen LogP contribution in [0.3, 0.4) is 0 Å². The van der Waals surface area contributed by atoms with E-state index < -0.39 is 0 Å². The summed E-state index contributed by atoms with van der Waals surface area (Å²) in [5.74, 6) is 1.21. The smallest absolute Gasteiger partial charge is 0.318 e. The Bertz CT molecular complexity index is 1150. The van der Waals surface area contributed by atoms with Crippen LogP contribution < -0.4 is 10.1 Å². The molecule has 4 rings (SSSR count). The van der Waals surface area contributed by atoms with Gasteiger partial charge in [0.05, 0.1) is 18.8 Å². The first-order chi connectivity index (χ1) is 17.0. The molecule has 1 aliphatic rings. The highest BCUT2D eigenvalue weighted by Gasteiger charge is 2.33. The minimum Gasteiger partial charge on any atom is -0.491 e. The number of carbonyl (C=O) groups is 2. The number of halogens is 1. The summed E-state index contributed by atoms with van der Waals surface area (Å²) in [5.41, 5.74) is 2.04. The maximum Gasteiger partial charge on any atom is 0.318 e. The number of nitrogens with one attached hydrogen (secondary N) is 1. The zero-order chi connectivity index (χ0) is 24.8. The van der Waals surface area contributed by atoms with Crippen molar-refractivity contribution in [1.29, 1.82) is 0 Å². The van der Waals surface area contributed by atoms with Crippen LogP contribution in [0.2, 0.25) is 5.02 Å². The molecule has 2 aromatic heterocycles. The predicted molar refractivity (Wildman–Crippen MR) is 137 cm³/mol. The first-order valence-electron chi connectivity index (χ1n) is 11.8. The average Bonchev–Trinajstić information content (AvgIpc) is 3.54. The lowest BCUT2D eigenvalue weighted by atomic mass is 10.0. The van der Waals surface area contributed by atoms with E-state index in [1.165, 1.54) is 9.78 Å². The lowest BCUT2D eigenvalue weighted by molar-refractivity contribution is -0.135. The van der Waals surface area contributed by atoms with Crippen LogP contribution in [-0.2, 0) is 17.8 Å². The number of carbonyl (C=O) groups excluding carboxylic acids is 2. The number of hydrogen-bond donors (Lipinski definition) is 1. The highest BCUT2D eigenvalue weighted by Crippen LogP contribution is 2.34. The maximum absolute atomic E-state index is 13.6. The number of aryl methyl sites for hydroxylation is 1. The fourth-order valence-corrected chi connectivity index (χ4v) is 5.19. The van der Waals surface area contributed by atoms with E-state index in [-0.39, 0.29) is 31.1 Å². The second-order valence-corrected chi connectivity index (χ2v) is 9.95. The summed E-state index contributed by atoms with van der Waals surface area (Å²) in [6.07, 6.45) is 3.16. The lowest BCUT2D eigenvalue weighted by Gasteiger charge is -2.37. The zero-order valence-corrected chi connectivity index (χ0v) is 21.5. The molecule has 3 amide bonds. The molecular formula is C26H30ClN3O4S. The number of urea groups is 1. The van der Waals surface area contributed by atoms with Crippen LogP contribution in [0.25, 0.3) is 0 Å². The van der Waals surface area contributed by atoms with E-state index in [0.29, 0.717) is 36.2 Å². The first-order valence-corrected chi connectivity index (χ1v) is 13.0. The van der Waals surface area contributed by atoms with Crippen LogP contribution in [0.5, 0.6) is 5.75 Å². The number of fused-ring (bicyclic) bond motifs is 1. The van der Waals surface area contributed by atoms with E-state index in [1.54, 1.807) is 29.7 Å². The predicted octanol–water partition coefficient (Wildman–Crippen LogP) is 5.43. The van der Waals surface area contributed by atoms with Gasteiger partial charge in [-0.15, -0.1) is 11.3 Å². The normalized spacial score (nSPS) is 14.9. The molecule has 1 aromatic carbocycles. The Morgan fingerprint density at radius 1 is 1.31 bits per heavy atom. The van der Waals surface area contributed by atoms with Crippen molar-refractivity contribution < 1.29 is 18.7 Å². The molecule has 0 bridgehead atoms. The molecule has 0 fully saturated rings. The van der Waals surface area contributed by atoms with Crippen LogP contribution in [-0.4, -0.2) is 48.0 Å². The fourth-order valence-electron chi connectivity index (χ4n) is 4.14. The van der Waals surface area contributed by atoms with Crippen molar-refractivity contribution in [2.45, 2.75) is 39.3 Å². The molecule has 35 heavy (non-hydrogen) atoms. The number of benzene rings is 1. The third-order valence-electron chi connectivity index (χ3n) is 6.02. The molecule has 0 radical (unpaired) electrons. The Morgan fingerprint density at radius 2 is 2.17 bits per heavy atom. The standard InChI is InChI=1S/C26H30ClN3O4S/c1-3-10-28-26(32)29(15-20-5-4-12-33-20)16-25(31)30-11-8-24-21(9-13-35-24)23(30)17-34-19-6-7-22(27)18(2)14-19/h4-7,9,12-14,23H,3,8,10-11,15-17H2,1-2H3,(H,28,32)/t23-/m0/s1. The van der Waals surface area contributed by atoms with Crippen molar-refractivity contribution in [2.75, 3.05) is 26.2 Å². The Hall–Kier alpha value is -2.97. The van der Waals surface area contributed by atoms with Gasteiger partial charge in [0.1, 0.15) is 24.7 Å². The van der Waals surface area contributed by atoms with Crippen molar-refractivity contribution >= 4 is 34.9 Å². The zero-order valence-electron chi connectivity index (χ0n) is 20.0. The third-order valence-corrected chi connectivity index (χ3v) is 7.44. The van der Waals surface area contributed by atoms with Crippen LogP contribution in [0.1, 0.15) is 41.2 Å². The van der Waals surface area contributed by atoms with Crippen LogP contribution >= 0.6 is 22.9 Å². The van der Waals surface area contributed by atoms with E-state index >= 15 is 0 Å². The van der Waals surface area contributed by atoms with Gasteiger partial charge in [0.2, 0.25) is 5.91 Å². The average molecular weight is 516 g/mol. The summed E-state index contributed by atoms with van der Waals surface area (Å²) < 4.78 is 11.6. The number of furan rings is 1. The van der Waals surface area contributed by atoms with E-state index in [4.69, 9.17) is 20.8 Å². The van der Waals surface area contributed by atoms with E-state index in [2.05, 4.69) is 16.8 Å². The number of nitrogens with zero attached hydrogens (tertiary/aromatic N) is 2. The number of ether oxygens (including phenoxy) is 1. The highest BCUT2D eigenvalue weighted by atomic mass is 35.5. The van der Waals surface area contributed by atoms with Gasteiger partial charge in [0.15, 0.2) is 0 Å². The van der Waals surface area contributed by atoms with Crippen LogP contribution in [0.15, 0.2) is 52.5 Å². The van der Waals surface area contributed by atoms with Gasteiger partial charge in [-0.25, -0.2) is 4.79 Å². The minimum atomic E-state index is -0.283. The number of thiophene rings is 1. The van der Waals surface area contributed by atoms with Gasteiger partial charge in [-0.3, -0.25) is 4.79 Å². The Balaban J connectivity index is 1.51. The second kappa shape index (κ2) is 11.6. The number of amides is 3. The van der Waals surface area contributed by atoms with Crippen molar-refractivity contribution in [1.82, 2.24) is 15.1 Å². The van der Waals surface area contributed by atoms with Gasteiger partial charge < -0.3 is 24.3 Å². The number of hydrogen-bond acceptors (Lipinski definition) is 5. The van der Waals surface area contributed by atoms with Gasteiger partial charge in [-0.2, -0.15) is 0 Å². The van der Waals surface area contributed by atoms with E-state index in [9.17, 15) is 9.59 Å². The molecule has 1 N–H and O–H groups in total. The molecule has 0 unspecified atom stereocenters. The van der Waals surface area contributed by atoms with Crippen LogP contribution in [0.4, 0.5) is 4.79 Å². The number of rotatable bonds is 9. The molecule has 3 aromatic rings. The largest absolute Gasteiger partial charge is 0.491 e. The van der Waals surface area contributed by atoms with Crippen LogP contribution in [0, 0.1) is 6.92 Å². The molecular weight excluding hydrogens is 486 g/mol. The summed E-state index contributed by atoms with van der Waals surface area (Å²) in [6.45, 7) is 5.52. The third kappa shape index (κ3) is 6.18. The van der Waals surface area contributed by atoms with E-state index in [0.717, 1.165) is 24.0 Å². The molecule has 7 nitrogen and oxygen atoms in total. The topological polar surface area (TPSA) is 75.0 Å². The lowest BCUT2D eigenvalue weighted by Crippen LogP contribution is -2.49. The molecule has 9 heteroatoms. The van der Waals surface area contributed by atoms with Gasteiger partial charge in [-0.1, -0.05) is 18.5 Å². The quantitative estimate of drug-likeness (QED) is 0.412. The van der Waals surface area contributed by atoms with E-state index in [1.807, 2.05) is 36.9 Å². The summed E-state index contributed by atoms with van der Waals surface area (Å²) in [7, 11) is 0. The van der Waals surface area contributed by atoms with Crippen molar-refractivity contribution in [3.05, 3.63) is 74.8 Å². The SMILES string of the molecule is CCCNC(=O)N(CC(=O)N1CCc2sccc2[C@@H]1COc1ccc(Cl)c(C)c1)Cc1ccco1. The van der Waals surface area contributed by atoms with Gasteiger partial charge in [0, 0.05) is 23.0 Å². The van der Waals surface area contributed by atoms with Crippen molar-refractivity contribution in [2.24, 2.45) is 0 Å². The second-order valence-electron chi connectivity index (χ2n) is 8.54. The van der Waals surface area contributed by atoms with Gasteiger partial charge in [-0.05, 0) is 72.7 Å². The van der Waals surface area contributed by atoms with Crippen molar-refractivity contribution in [3.63, 3.8) is 0 Å². The molecule has 1 aliphatic heterocycles. The molecule has 0 aliphatic carbocycles. The Morgan fingerprint density at radius 3 is 2.91 bits per heavy atom. The summed E-state index contributed by atoms with van der Waals surface area (Å²) in [4.78, 5) is 31.0. The fraction of sp³-hybridized carbons (Fsp3) is 0.385. The Kier molecular flexibility index (Phi) is 8.36. The molecule has 3 heterocycles. The molecule has 0 saturated heterocycles. The van der Waals surface area contributed by atoms with Gasteiger partial charge >= 0.3 is 6.03 Å². The maximum atomic E-state index is 13.6. The summed E-state index contributed by atoms with van der Waals surface area (Å²) in [6, 6.07) is 10.7. The van der Waals surface area contributed by atoms with Gasteiger partial charge in [0.25, 0.3) is 0 Å². The van der Waals surface area contributed by atoms with Crippen molar-refractivity contribution in [3.8, 4) is 5.75 Å². The first kappa shape index (κ1) is 25.1. The summed E-state index contributed by atoms with van der Waals surface area (Å²) in [5, 5.41) is 5.61. The monoisotopic (exact) mass is 515 g/mol. The molecule has 0 spiro atoms. The Labute approximate surface area is 214 Å². The summed E-state index contributed by atoms with van der Waals surface area (Å²) >= 11 is 7.85. The molecule has 186 valence electrons. The minimum absolute atomic E-state index is 0.0493. The molecule has 0 saturated carbocycles.